The summed E-state index contributed by atoms with van der Waals surface area (Å²) in [5.74, 6) is 0.783. The van der Waals surface area contributed by atoms with Gasteiger partial charge >= 0.3 is 6.09 Å². The second-order valence-corrected chi connectivity index (χ2v) is 8.05. The number of hydrogen-bond acceptors (Lipinski definition) is 5. The Balaban J connectivity index is 0.00000392. The van der Waals surface area contributed by atoms with E-state index in [0.29, 0.717) is 32.8 Å². The zero-order valence-electron chi connectivity index (χ0n) is 17.7. The zero-order chi connectivity index (χ0) is 19.7. The first-order valence-corrected chi connectivity index (χ1v) is 10.1. The number of halogens is 1. The van der Waals surface area contributed by atoms with Crippen LogP contribution >= 0.6 is 24.0 Å². The van der Waals surface area contributed by atoms with Crippen molar-refractivity contribution in [1.82, 2.24) is 15.5 Å². The highest BCUT2D eigenvalue weighted by atomic mass is 127. The van der Waals surface area contributed by atoms with Crippen molar-refractivity contribution in [2.45, 2.75) is 64.7 Å². The molecule has 1 atom stereocenters. The Morgan fingerprint density at radius 2 is 2.07 bits per heavy atom. The molecule has 1 unspecified atom stereocenters. The third kappa shape index (κ3) is 9.60. The lowest BCUT2D eigenvalue weighted by Gasteiger charge is -2.40. The first-order chi connectivity index (χ1) is 12.9. The Labute approximate surface area is 186 Å². The molecule has 0 aromatic rings. The van der Waals surface area contributed by atoms with Crippen molar-refractivity contribution in [3.63, 3.8) is 0 Å². The summed E-state index contributed by atoms with van der Waals surface area (Å²) < 4.78 is 16.6. The lowest BCUT2D eigenvalue weighted by atomic mass is 10.1. The van der Waals surface area contributed by atoms with Crippen LogP contribution in [0.2, 0.25) is 0 Å². The molecule has 2 rings (SSSR count). The highest BCUT2D eigenvalue weighted by molar-refractivity contribution is 14.0. The van der Waals surface area contributed by atoms with Crippen molar-refractivity contribution in [2.75, 3.05) is 46.0 Å². The average Bonchev–Trinajstić information content (AvgIpc) is 3.05. The van der Waals surface area contributed by atoms with Crippen LogP contribution in [-0.4, -0.2) is 80.7 Å². The van der Waals surface area contributed by atoms with Gasteiger partial charge in [0.15, 0.2) is 5.96 Å². The maximum Gasteiger partial charge on any atom is 0.410 e. The second kappa shape index (κ2) is 12.7. The molecular formula is C19H37IN4O4. The fourth-order valence-electron chi connectivity index (χ4n) is 2.91. The van der Waals surface area contributed by atoms with Gasteiger partial charge < -0.3 is 29.7 Å². The molecule has 2 heterocycles. The van der Waals surface area contributed by atoms with Crippen LogP contribution in [0.1, 0.15) is 47.0 Å². The monoisotopic (exact) mass is 512 g/mol. The van der Waals surface area contributed by atoms with Crippen LogP contribution in [-0.2, 0) is 14.2 Å². The van der Waals surface area contributed by atoms with Gasteiger partial charge in [-0.15, -0.1) is 24.0 Å². The van der Waals surface area contributed by atoms with Gasteiger partial charge in [-0.2, -0.15) is 0 Å². The number of carbonyl (C=O) groups excluding carboxylic acids is 1. The summed E-state index contributed by atoms with van der Waals surface area (Å²) in [6.07, 6.45) is 3.14. The number of aliphatic imine (C=N–C) groups is 1. The van der Waals surface area contributed by atoms with E-state index in [1.807, 2.05) is 27.7 Å². The lowest BCUT2D eigenvalue weighted by Crippen LogP contribution is -2.63. The van der Waals surface area contributed by atoms with Gasteiger partial charge in [-0.3, -0.25) is 4.99 Å². The van der Waals surface area contributed by atoms with Crippen molar-refractivity contribution >= 4 is 36.0 Å². The van der Waals surface area contributed by atoms with E-state index in [9.17, 15) is 4.79 Å². The van der Waals surface area contributed by atoms with Gasteiger partial charge in [0.25, 0.3) is 0 Å². The zero-order valence-corrected chi connectivity index (χ0v) is 20.0. The molecule has 2 N–H and O–H groups in total. The number of hydrogen-bond donors (Lipinski definition) is 2. The minimum Gasteiger partial charge on any atom is -0.444 e. The molecule has 2 fully saturated rings. The number of nitrogens with one attached hydrogen (secondary N) is 2. The first kappa shape index (κ1) is 25.2. The van der Waals surface area contributed by atoms with E-state index in [4.69, 9.17) is 14.2 Å². The fraction of sp³-hybridized carbons (Fsp3) is 0.895. The number of rotatable bonds is 8. The summed E-state index contributed by atoms with van der Waals surface area (Å²) in [5, 5.41) is 6.61. The SMILES string of the molecule is CCNC(=NCCCOCC1CCCO1)NC1CN(C(=O)OC(C)(C)C)C1.I. The van der Waals surface area contributed by atoms with Crippen molar-refractivity contribution < 1.29 is 19.0 Å². The van der Waals surface area contributed by atoms with Crippen LogP contribution in [0.5, 0.6) is 0 Å². The van der Waals surface area contributed by atoms with E-state index in [-0.39, 0.29) is 42.2 Å². The van der Waals surface area contributed by atoms with E-state index in [1.54, 1.807) is 4.90 Å². The number of guanidine groups is 1. The normalized spacial score (nSPS) is 20.4. The van der Waals surface area contributed by atoms with E-state index in [0.717, 1.165) is 38.4 Å². The molecule has 0 aliphatic carbocycles. The Morgan fingerprint density at radius 1 is 1.32 bits per heavy atom. The minimum absolute atomic E-state index is 0. The maximum atomic E-state index is 12.0. The molecule has 0 bridgehead atoms. The van der Waals surface area contributed by atoms with Crippen LogP contribution in [0.3, 0.4) is 0 Å². The van der Waals surface area contributed by atoms with Gasteiger partial charge in [0.1, 0.15) is 5.60 Å². The van der Waals surface area contributed by atoms with E-state index in [2.05, 4.69) is 15.6 Å². The number of ether oxygens (including phenoxy) is 3. The number of amides is 1. The van der Waals surface area contributed by atoms with E-state index >= 15 is 0 Å². The van der Waals surface area contributed by atoms with Crippen LogP contribution in [0.25, 0.3) is 0 Å². The Bertz CT molecular complexity index is 487. The molecular weight excluding hydrogens is 475 g/mol. The number of carbonyl (C=O) groups is 1. The molecule has 1 amide bonds. The van der Waals surface area contributed by atoms with Crippen molar-refractivity contribution in [3.05, 3.63) is 0 Å². The average molecular weight is 512 g/mol. The van der Waals surface area contributed by atoms with Crippen LogP contribution < -0.4 is 10.6 Å². The van der Waals surface area contributed by atoms with Gasteiger partial charge in [0.05, 0.1) is 18.8 Å². The van der Waals surface area contributed by atoms with Crippen LogP contribution in [0.4, 0.5) is 4.79 Å². The molecule has 0 spiro atoms. The van der Waals surface area contributed by atoms with Crippen LogP contribution in [0.15, 0.2) is 4.99 Å². The summed E-state index contributed by atoms with van der Waals surface area (Å²) in [4.78, 5) is 18.3. The lowest BCUT2D eigenvalue weighted by molar-refractivity contribution is 0.00700. The Kier molecular flexibility index (Phi) is 11.4. The standard InChI is InChI=1S/C19H36N4O4.HI/c1-5-20-17(21-9-7-10-25-14-16-8-6-11-26-16)22-15-12-23(13-15)18(24)27-19(2,3)4;/h15-16H,5-14H2,1-4H3,(H2,20,21,22);1H. The topological polar surface area (TPSA) is 84.4 Å². The summed E-state index contributed by atoms with van der Waals surface area (Å²) in [6.45, 7) is 12.7. The molecule has 28 heavy (non-hydrogen) atoms. The molecule has 0 aromatic carbocycles. The van der Waals surface area contributed by atoms with Crippen molar-refractivity contribution in [3.8, 4) is 0 Å². The second-order valence-electron chi connectivity index (χ2n) is 8.05. The van der Waals surface area contributed by atoms with E-state index in [1.165, 1.54) is 0 Å². The fourth-order valence-corrected chi connectivity index (χ4v) is 2.91. The Morgan fingerprint density at radius 3 is 2.68 bits per heavy atom. The molecule has 8 nitrogen and oxygen atoms in total. The molecule has 164 valence electrons. The Hall–Kier alpha value is -0.810. The molecule has 0 radical (unpaired) electrons. The van der Waals surface area contributed by atoms with Gasteiger partial charge in [-0.25, -0.2) is 4.79 Å². The third-order valence-corrected chi connectivity index (χ3v) is 4.26. The largest absolute Gasteiger partial charge is 0.444 e. The first-order valence-electron chi connectivity index (χ1n) is 10.1. The van der Waals surface area contributed by atoms with Crippen LogP contribution in [0, 0.1) is 0 Å². The molecule has 2 aliphatic rings. The van der Waals surface area contributed by atoms with Gasteiger partial charge in [-0.1, -0.05) is 0 Å². The van der Waals surface area contributed by atoms with E-state index < -0.39 is 5.60 Å². The summed E-state index contributed by atoms with van der Waals surface area (Å²) in [7, 11) is 0. The van der Waals surface area contributed by atoms with Gasteiger partial charge in [0, 0.05) is 39.4 Å². The third-order valence-electron chi connectivity index (χ3n) is 4.26. The molecule has 9 heteroatoms. The summed E-state index contributed by atoms with van der Waals surface area (Å²) >= 11 is 0. The molecule has 2 aliphatic heterocycles. The number of likely N-dealkylation sites (tertiary alicyclic amines) is 1. The number of nitrogens with zero attached hydrogens (tertiary/aromatic N) is 2. The van der Waals surface area contributed by atoms with Crippen molar-refractivity contribution in [1.29, 1.82) is 0 Å². The highest BCUT2D eigenvalue weighted by Crippen LogP contribution is 2.15. The quantitative estimate of drug-likeness (QED) is 0.225. The molecule has 0 aromatic heterocycles. The van der Waals surface area contributed by atoms with Gasteiger partial charge in [-0.05, 0) is 47.0 Å². The maximum absolute atomic E-state index is 12.0. The van der Waals surface area contributed by atoms with Crippen molar-refractivity contribution in [2.24, 2.45) is 4.99 Å². The summed E-state index contributed by atoms with van der Waals surface area (Å²) in [5.41, 5.74) is -0.460. The summed E-state index contributed by atoms with van der Waals surface area (Å²) in [6, 6.07) is 0.200. The predicted molar refractivity (Wildman–Crippen MR) is 121 cm³/mol. The molecule has 2 saturated heterocycles. The molecule has 0 saturated carbocycles. The van der Waals surface area contributed by atoms with Gasteiger partial charge in [0.2, 0.25) is 0 Å². The minimum atomic E-state index is -0.460. The smallest absolute Gasteiger partial charge is 0.410 e. The highest BCUT2D eigenvalue weighted by Gasteiger charge is 2.34. The predicted octanol–water partition coefficient (Wildman–Crippen LogP) is 2.36.